The Bertz CT molecular complexity index is 1070. The van der Waals surface area contributed by atoms with Gasteiger partial charge >= 0.3 is 0 Å². The molecule has 2 aliphatic carbocycles. The van der Waals surface area contributed by atoms with Gasteiger partial charge in [-0.05, 0) is 108 Å². The molecule has 3 aromatic rings. The molecule has 0 unspecified atom stereocenters. The van der Waals surface area contributed by atoms with E-state index in [0.29, 0.717) is 6.42 Å². The maximum Gasteiger partial charge on any atom is 0.167 e. The second-order valence-electron chi connectivity index (χ2n) is 9.53. The van der Waals surface area contributed by atoms with Crippen LogP contribution in [0.15, 0.2) is 67.2 Å². The van der Waals surface area contributed by atoms with E-state index in [1.54, 1.807) is 0 Å². The zero-order chi connectivity index (χ0) is 21.9. The molecule has 0 fully saturated rings. The molecule has 0 aliphatic heterocycles. The molecular formula is C31H32O. The van der Waals surface area contributed by atoms with Crippen LogP contribution < -0.4 is 0 Å². The van der Waals surface area contributed by atoms with Gasteiger partial charge in [0.25, 0.3) is 0 Å². The molecule has 0 saturated carbocycles. The van der Waals surface area contributed by atoms with Crippen molar-refractivity contribution >= 4 is 11.4 Å². The Labute approximate surface area is 192 Å². The van der Waals surface area contributed by atoms with E-state index in [9.17, 15) is 4.79 Å². The molecule has 0 spiro atoms. The maximum absolute atomic E-state index is 13.1. The molecule has 1 heteroatoms. The van der Waals surface area contributed by atoms with Crippen molar-refractivity contribution in [3.8, 4) is 0 Å². The highest BCUT2D eigenvalue weighted by molar-refractivity contribution is 5.98. The Kier molecular flexibility index (Phi) is 6.08. The van der Waals surface area contributed by atoms with E-state index in [0.717, 1.165) is 36.0 Å². The first-order valence-electron chi connectivity index (χ1n) is 12.2. The van der Waals surface area contributed by atoms with Crippen LogP contribution in [-0.4, -0.2) is 5.78 Å². The molecule has 162 valence electrons. The lowest BCUT2D eigenvalue weighted by Gasteiger charge is -2.18. The van der Waals surface area contributed by atoms with Crippen molar-refractivity contribution in [3.05, 3.63) is 112 Å². The molecule has 0 saturated heterocycles. The number of carbonyl (C=O) groups excluding carboxylic acids is 1. The fourth-order valence-corrected chi connectivity index (χ4v) is 5.37. The number of hydrogen-bond acceptors (Lipinski definition) is 1. The molecule has 0 atom stereocenters. The van der Waals surface area contributed by atoms with Gasteiger partial charge in [0.15, 0.2) is 5.78 Å². The van der Waals surface area contributed by atoms with E-state index in [4.69, 9.17) is 0 Å². The van der Waals surface area contributed by atoms with Gasteiger partial charge in [0.1, 0.15) is 0 Å². The Hall–Kier alpha value is -2.93. The molecule has 0 bridgehead atoms. The number of aryl methyl sites for hydroxylation is 4. The summed E-state index contributed by atoms with van der Waals surface area (Å²) in [6.07, 6.45) is 11.0. The lowest BCUT2D eigenvalue weighted by molar-refractivity contribution is 0.0992. The van der Waals surface area contributed by atoms with Gasteiger partial charge in [0.2, 0.25) is 0 Å². The SMILES string of the molecule is C=C(Cc1ccccc1CC(=O)c1ccc2c(c1)CCCC2)c1ccc2c(c1)CCCC2. The Balaban J connectivity index is 1.33. The van der Waals surface area contributed by atoms with E-state index in [2.05, 4.69) is 55.1 Å². The molecule has 3 aromatic carbocycles. The quantitative estimate of drug-likeness (QED) is 0.388. The molecule has 32 heavy (non-hydrogen) atoms. The first kappa shape index (κ1) is 20.9. The van der Waals surface area contributed by atoms with Crippen LogP contribution in [-0.2, 0) is 38.5 Å². The van der Waals surface area contributed by atoms with E-state index < -0.39 is 0 Å². The van der Waals surface area contributed by atoms with Crippen molar-refractivity contribution in [2.75, 3.05) is 0 Å². The monoisotopic (exact) mass is 420 g/mol. The fraction of sp³-hybridized carbons (Fsp3) is 0.323. The number of allylic oxidation sites excluding steroid dienone is 1. The number of ketones is 1. The van der Waals surface area contributed by atoms with Crippen molar-refractivity contribution in [2.45, 2.75) is 64.2 Å². The van der Waals surface area contributed by atoms with E-state index in [1.165, 1.54) is 71.9 Å². The second kappa shape index (κ2) is 9.28. The lowest BCUT2D eigenvalue weighted by Crippen LogP contribution is -2.09. The van der Waals surface area contributed by atoms with E-state index in [1.807, 2.05) is 12.1 Å². The van der Waals surface area contributed by atoms with Crippen LogP contribution in [0, 0.1) is 0 Å². The highest BCUT2D eigenvalue weighted by atomic mass is 16.1. The predicted octanol–water partition coefficient (Wildman–Crippen LogP) is 7.13. The second-order valence-corrected chi connectivity index (χ2v) is 9.53. The van der Waals surface area contributed by atoms with Crippen LogP contribution in [0.1, 0.15) is 75.0 Å². The zero-order valence-corrected chi connectivity index (χ0v) is 19.0. The molecule has 2 aliphatic rings. The van der Waals surface area contributed by atoms with Gasteiger partial charge in [-0.25, -0.2) is 0 Å². The summed E-state index contributed by atoms with van der Waals surface area (Å²) in [6.45, 7) is 4.41. The smallest absolute Gasteiger partial charge is 0.167 e. The molecule has 5 rings (SSSR count). The lowest BCUT2D eigenvalue weighted by atomic mass is 9.87. The third-order valence-electron chi connectivity index (χ3n) is 7.30. The van der Waals surface area contributed by atoms with Crippen LogP contribution in [0.4, 0.5) is 0 Å². The highest BCUT2D eigenvalue weighted by Crippen LogP contribution is 2.28. The van der Waals surface area contributed by atoms with E-state index >= 15 is 0 Å². The van der Waals surface area contributed by atoms with Crippen LogP contribution in [0.25, 0.3) is 5.57 Å². The van der Waals surface area contributed by atoms with Crippen molar-refractivity contribution < 1.29 is 4.79 Å². The summed E-state index contributed by atoms with van der Waals surface area (Å²) >= 11 is 0. The minimum absolute atomic E-state index is 0.213. The summed E-state index contributed by atoms with van der Waals surface area (Å²) in [7, 11) is 0. The molecule has 0 heterocycles. The Morgan fingerprint density at radius 2 is 1.12 bits per heavy atom. The van der Waals surface area contributed by atoms with Crippen molar-refractivity contribution in [3.63, 3.8) is 0 Å². The van der Waals surface area contributed by atoms with Gasteiger partial charge in [0, 0.05) is 12.0 Å². The molecule has 1 nitrogen and oxygen atoms in total. The number of fused-ring (bicyclic) bond motifs is 2. The largest absolute Gasteiger partial charge is 0.294 e. The highest BCUT2D eigenvalue weighted by Gasteiger charge is 2.16. The fourth-order valence-electron chi connectivity index (χ4n) is 5.37. The average Bonchev–Trinajstić information content (AvgIpc) is 2.84. The van der Waals surface area contributed by atoms with Crippen LogP contribution in [0.5, 0.6) is 0 Å². The van der Waals surface area contributed by atoms with Gasteiger partial charge in [0.05, 0.1) is 0 Å². The summed E-state index contributed by atoms with van der Waals surface area (Å²) in [5, 5.41) is 0. The Morgan fingerprint density at radius 1 is 0.625 bits per heavy atom. The number of benzene rings is 3. The minimum atomic E-state index is 0.213. The van der Waals surface area contributed by atoms with Crippen LogP contribution in [0.2, 0.25) is 0 Å². The molecule has 0 amide bonds. The molecule has 0 N–H and O–H groups in total. The molecular weight excluding hydrogens is 388 g/mol. The molecule has 0 radical (unpaired) electrons. The first-order valence-corrected chi connectivity index (χ1v) is 12.2. The Morgan fingerprint density at radius 3 is 1.75 bits per heavy atom. The van der Waals surface area contributed by atoms with Crippen molar-refractivity contribution in [1.82, 2.24) is 0 Å². The predicted molar refractivity (Wildman–Crippen MR) is 133 cm³/mol. The number of carbonyl (C=O) groups is 1. The minimum Gasteiger partial charge on any atom is -0.294 e. The first-order chi connectivity index (χ1) is 15.7. The van der Waals surface area contributed by atoms with Gasteiger partial charge in [-0.1, -0.05) is 61.2 Å². The molecule has 0 aromatic heterocycles. The standard InChI is InChI=1S/C31H32O/c1-22(25-16-14-23-8-2-4-11-27(23)19-25)18-26-10-6-7-13-29(26)21-31(32)30-17-15-24-9-3-5-12-28(24)20-30/h6-7,10,13-17,19-20H,1-5,8-9,11-12,18,21H2. The van der Waals surface area contributed by atoms with E-state index in [-0.39, 0.29) is 5.78 Å². The van der Waals surface area contributed by atoms with Crippen molar-refractivity contribution in [2.24, 2.45) is 0 Å². The normalized spacial score (nSPS) is 15.0. The van der Waals surface area contributed by atoms with Crippen LogP contribution in [0.3, 0.4) is 0 Å². The van der Waals surface area contributed by atoms with Gasteiger partial charge in [-0.2, -0.15) is 0 Å². The average molecular weight is 421 g/mol. The zero-order valence-electron chi connectivity index (χ0n) is 19.0. The van der Waals surface area contributed by atoms with Gasteiger partial charge in [-0.3, -0.25) is 4.79 Å². The summed E-state index contributed by atoms with van der Waals surface area (Å²) in [4.78, 5) is 13.1. The van der Waals surface area contributed by atoms with Gasteiger partial charge in [-0.15, -0.1) is 0 Å². The summed E-state index contributed by atoms with van der Waals surface area (Å²) < 4.78 is 0. The van der Waals surface area contributed by atoms with Crippen LogP contribution >= 0.6 is 0 Å². The summed E-state index contributed by atoms with van der Waals surface area (Å²) in [5.74, 6) is 0.213. The topological polar surface area (TPSA) is 17.1 Å². The van der Waals surface area contributed by atoms with Gasteiger partial charge < -0.3 is 0 Å². The van der Waals surface area contributed by atoms with Crippen molar-refractivity contribution in [1.29, 1.82) is 0 Å². The summed E-state index contributed by atoms with van der Waals surface area (Å²) in [5.41, 5.74) is 11.3. The number of rotatable bonds is 6. The third-order valence-corrected chi connectivity index (χ3v) is 7.30. The summed E-state index contributed by atoms with van der Waals surface area (Å²) in [6, 6.07) is 21.6. The number of hydrogen-bond donors (Lipinski definition) is 0. The third kappa shape index (κ3) is 4.48. The maximum atomic E-state index is 13.1. The number of Topliss-reactive ketones (excluding diaryl/α,β-unsaturated/α-hetero) is 1.